The number of hydrogen-bond donors (Lipinski definition) is 3. The highest BCUT2D eigenvalue weighted by Crippen LogP contribution is 2.17. The van der Waals surface area contributed by atoms with Gasteiger partial charge < -0.3 is 20.3 Å². The van der Waals surface area contributed by atoms with Crippen LogP contribution in [0.4, 0.5) is 0 Å². The third-order valence-corrected chi connectivity index (χ3v) is 13.3. The lowest BCUT2D eigenvalue weighted by atomic mass is 10.0. The van der Waals surface area contributed by atoms with E-state index in [0.29, 0.717) is 19.4 Å². The summed E-state index contributed by atoms with van der Waals surface area (Å²) >= 11 is 0. The number of ether oxygens (including phenoxy) is 1. The SMILES string of the molecule is CCCCC/C=C\C/C=C\CCCCCCCCCC(=O)OCCCCCC/C=C\CCCC(=O)NC(CO)C(O)/C=C/CCCCCCCCCCCCCCCCCCCCCCCC. The number of aliphatic hydroxyl groups excluding tert-OH is 2. The molecule has 0 heterocycles. The van der Waals surface area contributed by atoms with Crippen LogP contribution in [-0.2, 0) is 14.3 Å². The first-order valence-corrected chi connectivity index (χ1v) is 29.4. The van der Waals surface area contributed by atoms with Gasteiger partial charge in [0, 0.05) is 12.8 Å². The van der Waals surface area contributed by atoms with Crippen LogP contribution < -0.4 is 5.32 Å². The van der Waals surface area contributed by atoms with Crippen LogP contribution in [0, 0.1) is 0 Å². The molecule has 0 saturated heterocycles. The predicted octanol–water partition coefficient (Wildman–Crippen LogP) is 18.2. The van der Waals surface area contributed by atoms with Crippen LogP contribution in [0.3, 0.4) is 0 Å². The van der Waals surface area contributed by atoms with Crippen LogP contribution in [0.5, 0.6) is 0 Å². The van der Waals surface area contributed by atoms with Gasteiger partial charge in [0.2, 0.25) is 5.91 Å². The Morgan fingerprint density at radius 3 is 1.21 bits per heavy atom. The molecule has 392 valence electrons. The lowest BCUT2D eigenvalue weighted by Gasteiger charge is -2.19. The summed E-state index contributed by atoms with van der Waals surface area (Å²) < 4.78 is 5.45. The van der Waals surface area contributed by atoms with Gasteiger partial charge in [-0.3, -0.25) is 9.59 Å². The molecule has 0 rings (SSSR count). The van der Waals surface area contributed by atoms with Crippen molar-refractivity contribution < 1.29 is 24.5 Å². The van der Waals surface area contributed by atoms with Crippen LogP contribution >= 0.6 is 0 Å². The lowest BCUT2D eigenvalue weighted by Crippen LogP contribution is -2.45. The number of aliphatic hydroxyl groups is 2. The first kappa shape index (κ1) is 64.8. The molecule has 0 radical (unpaired) electrons. The molecule has 0 aliphatic carbocycles. The largest absolute Gasteiger partial charge is 0.466 e. The van der Waals surface area contributed by atoms with Crippen molar-refractivity contribution in [3.05, 3.63) is 48.6 Å². The van der Waals surface area contributed by atoms with Crippen LogP contribution in [-0.4, -0.2) is 47.4 Å². The molecule has 2 unspecified atom stereocenters. The minimum Gasteiger partial charge on any atom is -0.466 e. The molecule has 0 aliphatic rings. The molecule has 1 amide bonds. The van der Waals surface area contributed by atoms with Gasteiger partial charge in [-0.1, -0.05) is 255 Å². The fourth-order valence-electron chi connectivity index (χ4n) is 8.79. The van der Waals surface area contributed by atoms with E-state index in [1.165, 1.54) is 199 Å². The van der Waals surface area contributed by atoms with E-state index in [4.69, 9.17) is 4.74 Å². The zero-order valence-electron chi connectivity index (χ0n) is 44.6. The molecule has 0 aliphatic heterocycles. The van der Waals surface area contributed by atoms with Gasteiger partial charge in [0.1, 0.15) is 0 Å². The quantitative estimate of drug-likeness (QED) is 0.0321. The highest BCUT2D eigenvalue weighted by atomic mass is 16.5. The van der Waals surface area contributed by atoms with Gasteiger partial charge in [-0.15, -0.1) is 0 Å². The zero-order valence-corrected chi connectivity index (χ0v) is 44.6. The van der Waals surface area contributed by atoms with E-state index in [2.05, 4.69) is 55.6 Å². The standard InChI is InChI=1S/C61H113NO5/c1-3-5-7-9-11-13-15-17-19-21-22-23-24-25-26-27-29-30-32-34-37-41-45-49-53-59(64)58(57-63)62-60(65)54-50-46-42-38-36-40-44-48-52-56-67-61(66)55-51-47-43-39-35-33-31-28-20-18-16-14-12-10-8-6-4-2/h12,14,18,20,38,42,49,53,58-59,63-64H,3-11,13,15-17,19,21-37,39-41,43-48,50-52,54-57H2,1-2H3,(H,62,65)/b14-12-,20-18-,42-38-,53-49+. The molecule has 0 saturated carbocycles. The summed E-state index contributed by atoms with van der Waals surface area (Å²) in [7, 11) is 0. The Kier molecular flexibility index (Phi) is 54.6. The summed E-state index contributed by atoms with van der Waals surface area (Å²) in [6.45, 7) is 4.79. The highest BCUT2D eigenvalue weighted by Gasteiger charge is 2.18. The topological polar surface area (TPSA) is 95.9 Å². The van der Waals surface area contributed by atoms with Gasteiger partial charge in [0.05, 0.1) is 25.4 Å². The summed E-state index contributed by atoms with van der Waals surface area (Å²) in [5.41, 5.74) is 0. The van der Waals surface area contributed by atoms with Crippen LogP contribution in [0.2, 0.25) is 0 Å². The monoisotopic (exact) mass is 940 g/mol. The third kappa shape index (κ3) is 53.0. The van der Waals surface area contributed by atoms with Crippen molar-refractivity contribution in [3.63, 3.8) is 0 Å². The second-order valence-corrected chi connectivity index (χ2v) is 20.0. The van der Waals surface area contributed by atoms with Crippen LogP contribution in [0.1, 0.15) is 303 Å². The Balaban J connectivity index is 3.56. The van der Waals surface area contributed by atoms with Gasteiger partial charge in [-0.25, -0.2) is 0 Å². The molecule has 0 bridgehead atoms. The molecule has 2 atom stereocenters. The van der Waals surface area contributed by atoms with Crippen molar-refractivity contribution in [2.45, 2.75) is 315 Å². The van der Waals surface area contributed by atoms with E-state index in [-0.39, 0.29) is 18.5 Å². The minimum absolute atomic E-state index is 0.0456. The smallest absolute Gasteiger partial charge is 0.305 e. The summed E-state index contributed by atoms with van der Waals surface area (Å²) in [6, 6.07) is -0.668. The maximum Gasteiger partial charge on any atom is 0.305 e. The number of rotatable bonds is 54. The van der Waals surface area contributed by atoms with Gasteiger partial charge in [-0.05, 0) is 83.5 Å². The van der Waals surface area contributed by atoms with Gasteiger partial charge in [0.15, 0.2) is 0 Å². The van der Waals surface area contributed by atoms with Crippen LogP contribution in [0.15, 0.2) is 48.6 Å². The first-order valence-electron chi connectivity index (χ1n) is 29.4. The Morgan fingerprint density at radius 2 is 0.761 bits per heavy atom. The number of hydrogen-bond acceptors (Lipinski definition) is 5. The molecule has 0 aromatic heterocycles. The zero-order chi connectivity index (χ0) is 48.6. The van der Waals surface area contributed by atoms with E-state index in [1.54, 1.807) is 6.08 Å². The first-order chi connectivity index (χ1) is 33.0. The predicted molar refractivity (Wildman–Crippen MR) is 292 cm³/mol. The van der Waals surface area contributed by atoms with Crippen molar-refractivity contribution in [2.75, 3.05) is 13.2 Å². The Bertz CT molecular complexity index is 1130. The minimum atomic E-state index is -0.878. The highest BCUT2D eigenvalue weighted by molar-refractivity contribution is 5.76. The van der Waals surface area contributed by atoms with E-state index in [1.807, 2.05) is 6.08 Å². The van der Waals surface area contributed by atoms with E-state index < -0.39 is 12.1 Å². The number of esters is 1. The average Bonchev–Trinajstić information content (AvgIpc) is 3.33. The summed E-state index contributed by atoms with van der Waals surface area (Å²) in [4.78, 5) is 24.5. The number of carbonyl (C=O) groups excluding carboxylic acids is 2. The Labute approximate surface area is 416 Å². The maximum absolute atomic E-state index is 12.5. The van der Waals surface area contributed by atoms with Crippen molar-refractivity contribution in [1.29, 1.82) is 0 Å². The van der Waals surface area contributed by atoms with Crippen molar-refractivity contribution in [3.8, 4) is 0 Å². The van der Waals surface area contributed by atoms with Crippen LogP contribution in [0.25, 0.3) is 0 Å². The van der Waals surface area contributed by atoms with Crippen molar-refractivity contribution in [2.24, 2.45) is 0 Å². The number of unbranched alkanes of at least 4 members (excludes halogenated alkanes) is 37. The fourth-order valence-corrected chi connectivity index (χ4v) is 8.79. The van der Waals surface area contributed by atoms with Gasteiger partial charge >= 0.3 is 5.97 Å². The number of allylic oxidation sites excluding steroid dienone is 7. The van der Waals surface area contributed by atoms with Gasteiger partial charge in [-0.2, -0.15) is 0 Å². The number of nitrogens with one attached hydrogen (secondary N) is 1. The Hall–Kier alpha value is -2.18. The van der Waals surface area contributed by atoms with E-state index in [9.17, 15) is 19.8 Å². The van der Waals surface area contributed by atoms with E-state index >= 15 is 0 Å². The molecule has 67 heavy (non-hydrogen) atoms. The third-order valence-electron chi connectivity index (χ3n) is 13.3. The average molecular weight is 941 g/mol. The summed E-state index contributed by atoms with van der Waals surface area (Å²) in [6.07, 6.45) is 71.4. The summed E-state index contributed by atoms with van der Waals surface area (Å²) in [5, 5.41) is 23.1. The molecular formula is C61H113NO5. The number of carbonyl (C=O) groups is 2. The second-order valence-electron chi connectivity index (χ2n) is 20.0. The molecule has 0 aromatic rings. The fraction of sp³-hybridized carbons (Fsp3) is 0.836. The Morgan fingerprint density at radius 1 is 0.418 bits per heavy atom. The molecule has 0 spiro atoms. The van der Waals surface area contributed by atoms with Crippen molar-refractivity contribution in [1.82, 2.24) is 5.32 Å². The second kappa shape index (κ2) is 56.4. The van der Waals surface area contributed by atoms with E-state index in [0.717, 1.165) is 77.0 Å². The normalized spacial score (nSPS) is 13.0. The lowest BCUT2D eigenvalue weighted by molar-refractivity contribution is -0.143. The van der Waals surface area contributed by atoms with Gasteiger partial charge in [0.25, 0.3) is 0 Å². The maximum atomic E-state index is 12.5. The molecule has 3 N–H and O–H groups in total. The van der Waals surface area contributed by atoms with Crippen molar-refractivity contribution >= 4 is 11.9 Å². The molecule has 6 heteroatoms. The summed E-state index contributed by atoms with van der Waals surface area (Å²) in [5.74, 6) is -0.173. The molecule has 0 fully saturated rings. The number of amides is 1. The molecule has 0 aromatic carbocycles. The molecule has 6 nitrogen and oxygen atoms in total. The molecular weight excluding hydrogens is 827 g/mol.